The molecule has 0 atom stereocenters. The van der Waals surface area contributed by atoms with Gasteiger partial charge in [0.15, 0.2) is 15.5 Å². The Morgan fingerprint density at radius 1 is 1.28 bits per heavy atom. The summed E-state index contributed by atoms with van der Waals surface area (Å²) in [4.78, 5) is 5.52. The predicted molar refractivity (Wildman–Crippen MR) is 95.8 cm³/mol. The quantitative estimate of drug-likeness (QED) is 0.829. The van der Waals surface area contributed by atoms with Crippen molar-refractivity contribution in [2.45, 2.75) is 29.8 Å². The Morgan fingerprint density at radius 2 is 1.96 bits per heavy atom. The number of aromatic nitrogens is 1. The zero-order chi connectivity index (χ0) is 17.9. The maximum Gasteiger partial charge on any atom is 0.175 e. The third-order valence-electron chi connectivity index (χ3n) is 4.20. The van der Waals surface area contributed by atoms with Gasteiger partial charge >= 0.3 is 0 Å². The lowest BCUT2D eigenvalue weighted by molar-refractivity contribution is 0.115. The number of hydrogen-bond acceptors (Lipinski definition) is 6. The molecule has 0 bridgehead atoms. The van der Waals surface area contributed by atoms with E-state index in [1.165, 1.54) is 29.7 Å². The van der Waals surface area contributed by atoms with Gasteiger partial charge in [0, 0.05) is 36.6 Å². The molecule has 1 fully saturated rings. The van der Waals surface area contributed by atoms with Crippen molar-refractivity contribution in [1.82, 2.24) is 10.3 Å². The van der Waals surface area contributed by atoms with E-state index in [0.29, 0.717) is 49.7 Å². The molecule has 0 unspecified atom stereocenters. The van der Waals surface area contributed by atoms with E-state index in [9.17, 15) is 12.8 Å². The molecule has 5 nitrogen and oxygen atoms in total. The Balaban J connectivity index is 1.54. The van der Waals surface area contributed by atoms with Gasteiger partial charge in [0.05, 0.1) is 11.5 Å². The van der Waals surface area contributed by atoms with E-state index < -0.39 is 15.5 Å². The van der Waals surface area contributed by atoms with Crippen LogP contribution >= 0.6 is 11.3 Å². The maximum atomic E-state index is 14.9. The Labute approximate surface area is 151 Å². The fourth-order valence-electron chi connectivity index (χ4n) is 2.72. The van der Waals surface area contributed by atoms with Crippen molar-refractivity contribution in [1.29, 1.82) is 0 Å². The standard InChI is InChI=1S/C17H21FN2O3S2/c1-25(21,22)15-4-2-13(3-5-15)23-11-6-14-12-20-16(24-14)17(18)7-9-19-10-8-17/h2-5,12,19H,6-11H2,1H3. The highest BCUT2D eigenvalue weighted by atomic mass is 32.2. The summed E-state index contributed by atoms with van der Waals surface area (Å²) < 4.78 is 43.3. The molecular formula is C17H21FN2O3S2. The number of thiazole rings is 1. The van der Waals surface area contributed by atoms with E-state index in [4.69, 9.17) is 4.74 Å². The molecule has 136 valence electrons. The number of halogens is 1. The number of hydrogen-bond donors (Lipinski definition) is 1. The molecule has 2 heterocycles. The van der Waals surface area contributed by atoms with E-state index in [1.807, 2.05) is 0 Å². The predicted octanol–water partition coefficient (Wildman–Crippen LogP) is 2.72. The fraction of sp³-hybridized carbons (Fsp3) is 0.471. The molecular weight excluding hydrogens is 363 g/mol. The van der Waals surface area contributed by atoms with Crippen LogP contribution in [-0.2, 0) is 21.9 Å². The molecule has 2 aromatic rings. The van der Waals surface area contributed by atoms with Gasteiger partial charge in [-0.1, -0.05) is 0 Å². The molecule has 0 radical (unpaired) electrons. The smallest absolute Gasteiger partial charge is 0.175 e. The third-order valence-corrected chi connectivity index (χ3v) is 6.57. The Bertz CT molecular complexity index is 813. The molecule has 1 aromatic heterocycles. The van der Waals surface area contributed by atoms with Crippen LogP contribution in [0, 0.1) is 0 Å². The van der Waals surface area contributed by atoms with Crippen LogP contribution in [0.2, 0.25) is 0 Å². The zero-order valence-corrected chi connectivity index (χ0v) is 15.6. The van der Waals surface area contributed by atoms with Gasteiger partial charge < -0.3 is 10.1 Å². The average Bonchev–Trinajstić information content (AvgIpc) is 3.05. The fourth-order valence-corrected chi connectivity index (χ4v) is 4.38. The number of nitrogens with one attached hydrogen (secondary N) is 1. The molecule has 3 rings (SSSR count). The second-order valence-corrected chi connectivity index (χ2v) is 9.32. The molecule has 25 heavy (non-hydrogen) atoms. The third kappa shape index (κ3) is 4.56. The van der Waals surface area contributed by atoms with Gasteiger partial charge in [-0.3, -0.25) is 0 Å². The zero-order valence-electron chi connectivity index (χ0n) is 14.0. The first-order valence-corrected chi connectivity index (χ1v) is 10.9. The van der Waals surface area contributed by atoms with E-state index in [1.54, 1.807) is 18.3 Å². The van der Waals surface area contributed by atoms with Crippen molar-refractivity contribution in [2.24, 2.45) is 0 Å². The van der Waals surface area contributed by atoms with Gasteiger partial charge in [-0.2, -0.15) is 0 Å². The minimum absolute atomic E-state index is 0.266. The Morgan fingerprint density at radius 3 is 2.60 bits per heavy atom. The van der Waals surface area contributed by atoms with Crippen molar-refractivity contribution in [2.75, 3.05) is 26.0 Å². The topological polar surface area (TPSA) is 68.3 Å². The second kappa shape index (κ2) is 7.39. The summed E-state index contributed by atoms with van der Waals surface area (Å²) in [5.41, 5.74) is -1.31. The van der Waals surface area contributed by atoms with Gasteiger partial charge in [-0.25, -0.2) is 17.8 Å². The first-order valence-electron chi connectivity index (χ1n) is 8.15. The van der Waals surface area contributed by atoms with Crippen LogP contribution in [0.4, 0.5) is 4.39 Å². The van der Waals surface area contributed by atoms with Crippen LogP contribution in [0.25, 0.3) is 0 Å². The van der Waals surface area contributed by atoms with E-state index >= 15 is 0 Å². The normalized spacial score (nSPS) is 17.4. The molecule has 0 spiro atoms. The molecule has 0 saturated carbocycles. The largest absolute Gasteiger partial charge is 0.493 e. The lowest BCUT2D eigenvalue weighted by Crippen LogP contribution is -2.36. The highest BCUT2D eigenvalue weighted by molar-refractivity contribution is 7.90. The van der Waals surface area contributed by atoms with Crippen molar-refractivity contribution >= 4 is 21.2 Å². The summed E-state index contributed by atoms with van der Waals surface area (Å²) >= 11 is 1.41. The Kier molecular flexibility index (Phi) is 5.41. The SMILES string of the molecule is CS(=O)(=O)c1ccc(OCCc2cnc(C3(F)CCNCC3)s2)cc1. The van der Waals surface area contributed by atoms with Crippen LogP contribution in [0.5, 0.6) is 5.75 Å². The van der Waals surface area contributed by atoms with Crippen molar-refractivity contribution in [3.63, 3.8) is 0 Å². The molecule has 1 aliphatic rings. The minimum atomic E-state index is -3.20. The van der Waals surface area contributed by atoms with Gasteiger partial charge in [0.2, 0.25) is 0 Å². The summed E-state index contributed by atoms with van der Waals surface area (Å²) in [6, 6.07) is 6.33. The van der Waals surface area contributed by atoms with E-state index in [0.717, 1.165) is 4.88 Å². The van der Waals surface area contributed by atoms with Gasteiger partial charge in [-0.15, -0.1) is 11.3 Å². The lowest BCUT2D eigenvalue weighted by atomic mass is 9.95. The minimum Gasteiger partial charge on any atom is -0.493 e. The van der Waals surface area contributed by atoms with E-state index in [-0.39, 0.29) is 4.90 Å². The molecule has 1 saturated heterocycles. The number of nitrogens with zero attached hydrogens (tertiary/aromatic N) is 1. The van der Waals surface area contributed by atoms with Crippen molar-refractivity contribution in [3.8, 4) is 5.75 Å². The average molecular weight is 384 g/mol. The number of benzene rings is 1. The van der Waals surface area contributed by atoms with Crippen LogP contribution in [0.3, 0.4) is 0 Å². The van der Waals surface area contributed by atoms with Gasteiger partial charge in [0.1, 0.15) is 10.8 Å². The molecule has 0 amide bonds. The maximum absolute atomic E-state index is 14.9. The van der Waals surface area contributed by atoms with Gasteiger partial charge in [-0.05, 0) is 37.4 Å². The molecule has 1 aromatic carbocycles. The summed E-state index contributed by atoms with van der Waals surface area (Å²) in [6.45, 7) is 1.79. The van der Waals surface area contributed by atoms with Crippen LogP contribution < -0.4 is 10.1 Å². The van der Waals surface area contributed by atoms with Crippen molar-refractivity contribution in [3.05, 3.63) is 40.3 Å². The van der Waals surface area contributed by atoms with Crippen LogP contribution in [-0.4, -0.2) is 39.4 Å². The number of sulfone groups is 1. The molecule has 0 aliphatic carbocycles. The number of rotatable bonds is 6. The highest BCUT2D eigenvalue weighted by Gasteiger charge is 2.36. The summed E-state index contributed by atoms with van der Waals surface area (Å²) in [7, 11) is -3.20. The number of alkyl halides is 1. The number of ether oxygens (including phenoxy) is 1. The van der Waals surface area contributed by atoms with Crippen molar-refractivity contribution < 1.29 is 17.5 Å². The van der Waals surface area contributed by atoms with Crippen LogP contribution in [0.1, 0.15) is 22.7 Å². The lowest BCUT2D eigenvalue weighted by Gasteiger charge is -2.27. The molecule has 1 N–H and O–H groups in total. The first kappa shape index (κ1) is 18.3. The highest BCUT2D eigenvalue weighted by Crippen LogP contribution is 2.37. The summed E-state index contributed by atoms with van der Waals surface area (Å²) in [5.74, 6) is 0.609. The summed E-state index contributed by atoms with van der Waals surface area (Å²) in [5, 5.41) is 3.72. The Hall–Kier alpha value is -1.51. The first-order chi connectivity index (χ1) is 11.9. The van der Waals surface area contributed by atoms with Gasteiger partial charge in [0.25, 0.3) is 0 Å². The summed E-state index contributed by atoms with van der Waals surface area (Å²) in [6.07, 6.45) is 4.45. The van der Waals surface area contributed by atoms with Crippen LogP contribution in [0.15, 0.2) is 35.4 Å². The van der Waals surface area contributed by atoms with E-state index in [2.05, 4.69) is 10.3 Å². The monoisotopic (exact) mass is 384 g/mol. The number of piperidine rings is 1. The molecule has 1 aliphatic heterocycles. The second-order valence-electron chi connectivity index (χ2n) is 6.19. The molecule has 8 heteroatoms.